The molecule has 0 spiro atoms. The second-order valence-corrected chi connectivity index (χ2v) is 7.42. The molecule has 0 radical (unpaired) electrons. The molecular formula is C15H24O4. The van der Waals surface area contributed by atoms with Gasteiger partial charge in [0.2, 0.25) is 0 Å². The molecule has 0 heterocycles. The van der Waals surface area contributed by atoms with Crippen LogP contribution in [0.5, 0.6) is 0 Å². The molecule has 4 nitrogen and oxygen atoms in total. The first kappa shape index (κ1) is 14.4. The van der Waals surface area contributed by atoms with Crippen molar-refractivity contribution in [1.29, 1.82) is 0 Å². The van der Waals surface area contributed by atoms with Crippen molar-refractivity contribution in [2.75, 3.05) is 0 Å². The average Bonchev–Trinajstić information content (AvgIpc) is 2.27. The van der Waals surface area contributed by atoms with Gasteiger partial charge in [-0.2, -0.15) is 0 Å². The monoisotopic (exact) mass is 268 g/mol. The van der Waals surface area contributed by atoms with E-state index >= 15 is 0 Å². The van der Waals surface area contributed by atoms with Crippen LogP contribution in [0.3, 0.4) is 0 Å². The Balaban J connectivity index is 2.44. The lowest BCUT2D eigenvalue weighted by molar-refractivity contribution is -0.179. The van der Waals surface area contributed by atoms with Crippen molar-refractivity contribution in [3.05, 3.63) is 0 Å². The molecule has 19 heavy (non-hydrogen) atoms. The fourth-order valence-electron chi connectivity index (χ4n) is 4.58. The minimum atomic E-state index is -0.975. The van der Waals surface area contributed by atoms with Crippen molar-refractivity contribution in [2.45, 2.75) is 59.3 Å². The maximum atomic E-state index is 11.9. The Morgan fingerprint density at radius 3 is 2.32 bits per heavy atom. The van der Waals surface area contributed by atoms with Crippen molar-refractivity contribution in [2.24, 2.45) is 22.2 Å². The normalized spacial score (nSPS) is 38.8. The summed E-state index contributed by atoms with van der Waals surface area (Å²) in [5.74, 6) is -1.95. The van der Waals surface area contributed by atoms with E-state index in [1.807, 2.05) is 0 Å². The molecule has 2 aliphatic carbocycles. The van der Waals surface area contributed by atoms with Crippen LogP contribution < -0.4 is 0 Å². The smallest absolute Gasteiger partial charge is 0.309 e. The summed E-state index contributed by atoms with van der Waals surface area (Å²) >= 11 is 0. The minimum absolute atomic E-state index is 0.0850. The van der Waals surface area contributed by atoms with Crippen LogP contribution >= 0.6 is 0 Å². The summed E-state index contributed by atoms with van der Waals surface area (Å²) in [5.41, 5.74) is -1.73. The Bertz CT molecular complexity index is 414. The highest BCUT2D eigenvalue weighted by Crippen LogP contribution is 2.62. The maximum absolute atomic E-state index is 11.9. The highest BCUT2D eigenvalue weighted by atomic mass is 16.4. The summed E-state index contributed by atoms with van der Waals surface area (Å²) in [6, 6.07) is 0. The van der Waals surface area contributed by atoms with Gasteiger partial charge < -0.3 is 10.2 Å². The molecule has 0 aliphatic heterocycles. The standard InChI is InChI=1S/C15H24O4/c1-13(2,11(16)17)10-5-8-14(3)6-4-7-15(10,9-14)12(18)19/h10H,4-9H2,1-3H3,(H,16,17)(H,18,19)/t10-,14?,15?/m0/s1. The molecule has 0 amide bonds. The molecule has 0 aromatic heterocycles. The molecule has 2 saturated carbocycles. The van der Waals surface area contributed by atoms with E-state index in [1.54, 1.807) is 13.8 Å². The summed E-state index contributed by atoms with van der Waals surface area (Å²) in [4.78, 5) is 23.4. The first-order chi connectivity index (χ1) is 8.64. The van der Waals surface area contributed by atoms with Gasteiger partial charge in [-0.3, -0.25) is 9.59 Å². The summed E-state index contributed by atoms with van der Waals surface area (Å²) in [7, 11) is 0. The van der Waals surface area contributed by atoms with Gasteiger partial charge in [0.25, 0.3) is 0 Å². The quantitative estimate of drug-likeness (QED) is 0.824. The van der Waals surface area contributed by atoms with Crippen LogP contribution in [0.2, 0.25) is 0 Å². The second-order valence-electron chi connectivity index (χ2n) is 7.42. The Kier molecular flexibility index (Phi) is 3.19. The number of carbonyl (C=O) groups is 2. The van der Waals surface area contributed by atoms with Gasteiger partial charge in [0, 0.05) is 0 Å². The van der Waals surface area contributed by atoms with E-state index < -0.39 is 22.8 Å². The molecule has 2 unspecified atom stereocenters. The third-order valence-corrected chi connectivity index (χ3v) is 5.70. The third kappa shape index (κ3) is 2.05. The SMILES string of the molecule is CC12CCCC(C(=O)O)(C1)[C@H](C(C)(C)C(=O)O)CC2. The molecule has 0 saturated heterocycles. The Morgan fingerprint density at radius 2 is 1.79 bits per heavy atom. The topological polar surface area (TPSA) is 74.6 Å². The summed E-state index contributed by atoms with van der Waals surface area (Å²) in [6.07, 6.45) is 4.89. The van der Waals surface area contributed by atoms with Crippen LogP contribution in [-0.4, -0.2) is 22.2 Å². The van der Waals surface area contributed by atoms with Crippen LogP contribution in [0.4, 0.5) is 0 Å². The molecule has 0 aromatic carbocycles. The lowest BCUT2D eigenvalue weighted by Crippen LogP contribution is -2.55. The number of hydrogen-bond acceptors (Lipinski definition) is 2. The molecule has 108 valence electrons. The fourth-order valence-corrected chi connectivity index (χ4v) is 4.58. The molecule has 0 aromatic rings. The van der Waals surface area contributed by atoms with Crippen LogP contribution in [0, 0.1) is 22.2 Å². The van der Waals surface area contributed by atoms with Crippen molar-refractivity contribution < 1.29 is 19.8 Å². The molecule has 2 bridgehead atoms. The minimum Gasteiger partial charge on any atom is -0.481 e. The number of carboxylic acids is 2. The third-order valence-electron chi connectivity index (χ3n) is 5.70. The first-order valence-corrected chi connectivity index (χ1v) is 7.11. The van der Waals surface area contributed by atoms with Crippen molar-refractivity contribution in [3.63, 3.8) is 0 Å². The summed E-state index contributed by atoms with van der Waals surface area (Å²) in [5, 5.41) is 19.2. The van der Waals surface area contributed by atoms with Gasteiger partial charge in [0.05, 0.1) is 10.8 Å². The fraction of sp³-hybridized carbons (Fsp3) is 0.867. The highest BCUT2D eigenvalue weighted by molar-refractivity contribution is 5.80. The Labute approximate surface area is 114 Å². The van der Waals surface area contributed by atoms with Crippen LogP contribution in [0.1, 0.15) is 59.3 Å². The number of hydrogen-bond donors (Lipinski definition) is 2. The van der Waals surface area contributed by atoms with Crippen LogP contribution in [0.15, 0.2) is 0 Å². The zero-order valence-electron chi connectivity index (χ0n) is 12.0. The lowest BCUT2D eigenvalue weighted by Gasteiger charge is -2.56. The van der Waals surface area contributed by atoms with Gasteiger partial charge >= 0.3 is 11.9 Å². The molecule has 4 heteroatoms. The molecule has 2 N–H and O–H groups in total. The maximum Gasteiger partial charge on any atom is 0.309 e. The van der Waals surface area contributed by atoms with Gasteiger partial charge in [-0.1, -0.05) is 13.3 Å². The molecule has 3 atom stereocenters. The van der Waals surface area contributed by atoms with Gasteiger partial charge in [-0.15, -0.1) is 0 Å². The van der Waals surface area contributed by atoms with Gasteiger partial charge in [0.1, 0.15) is 0 Å². The zero-order valence-corrected chi connectivity index (χ0v) is 12.0. The Hall–Kier alpha value is -1.06. The van der Waals surface area contributed by atoms with Crippen LogP contribution in [0.25, 0.3) is 0 Å². The van der Waals surface area contributed by atoms with Gasteiger partial charge in [0.15, 0.2) is 0 Å². The highest BCUT2D eigenvalue weighted by Gasteiger charge is 2.60. The predicted molar refractivity (Wildman–Crippen MR) is 70.8 cm³/mol. The van der Waals surface area contributed by atoms with Crippen molar-refractivity contribution in [3.8, 4) is 0 Å². The predicted octanol–water partition coefficient (Wildman–Crippen LogP) is 3.16. The van der Waals surface area contributed by atoms with E-state index in [0.29, 0.717) is 19.3 Å². The van der Waals surface area contributed by atoms with E-state index in [9.17, 15) is 19.8 Å². The van der Waals surface area contributed by atoms with Gasteiger partial charge in [-0.25, -0.2) is 0 Å². The zero-order chi connectivity index (χ0) is 14.5. The first-order valence-electron chi connectivity index (χ1n) is 7.11. The van der Waals surface area contributed by atoms with E-state index in [0.717, 1.165) is 19.3 Å². The second kappa shape index (κ2) is 4.22. The van der Waals surface area contributed by atoms with E-state index in [1.165, 1.54) is 0 Å². The molecule has 2 rings (SSSR count). The average molecular weight is 268 g/mol. The van der Waals surface area contributed by atoms with Crippen molar-refractivity contribution in [1.82, 2.24) is 0 Å². The number of carboxylic acid groups (broad SMARTS) is 2. The number of fused-ring (bicyclic) bond motifs is 2. The van der Waals surface area contributed by atoms with Crippen molar-refractivity contribution >= 4 is 11.9 Å². The number of rotatable bonds is 3. The van der Waals surface area contributed by atoms with E-state index in [-0.39, 0.29) is 11.3 Å². The number of aliphatic carboxylic acids is 2. The molecular weight excluding hydrogens is 244 g/mol. The van der Waals surface area contributed by atoms with Crippen LogP contribution in [-0.2, 0) is 9.59 Å². The lowest BCUT2D eigenvalue weighted by atomic mass is 9.47. The molecule has 2 fully saturated rings. The summed E-state index contributed by atoms with van der Waals surface area (Å²) < 4.78 is 0. The van der Waals surface area contributed by atoms with E-state index in [2.05, 4.69) is 6.92 Å². The summed E-state index contributed by atoms with van der Waals surface area (Å²) in [6.45, 7) is 5.53. The largest absolute Gasteiger partial charge is 0.481 e. The Morgan fingerprint density at radius 1 is 1.16 bits per heavy atom. The van der Waals surface area contributed by atoms with Gasteiger partial charge in [-0.05, 0) is 57.3 Å². The molecule has 2 aliphatic rings. The van der Waals surface area contributed by atoms with E-state index in [4.69, 9.17) is 0 Å².